The molecule has 0 aromatic rings. The van der Waals surface area contributed by atoms with Crippen LogP contribution in [-0.4, -0.2) is 62.6 Å². The molecule has 160 valence electrons. The van der Waals surface area contributed by atoms with Gasteiger partial charge in [0.2, 0.25) is 0 Å². The first-order chi connectivity index (χ1) is 12.1. The molecule has 0 bridgehead atoms. The number of hydrogen-bond acceptors (Lipinski definition) is 6. The van der Waals surface area contributed by atoms with E-state index in [-0.39, 0.29) is 42.0 Å². The van der Waals surface area contributed by atoms with Crippen LogP contribution in [0, 0.1) is 5.92 Å². The van der Waals surface area contributed by atoms with E-state index in [1.165, 1.54) is 0 Å². The minimum atomic E-state index is -2.11. The molecule has 27 heavy (non-hydrogen) atoms. The lowest BCUT2D eigenvalue weighted by atomic mass is 9.92. The number of ether oxygens (including phenoxy) is 4. The first kappa shape index (κ1) is 23.3. The molecule has 0 unspecified atom stereocenters. The molecule has 1 N–H and O–H groups in total. The summed E-state index contributed by atoms with van der Waals surface area (Å²) in [5.41, 5.74) is 0. The van der Waals surface area contributed by atoms with Gasteiger partial charge in [0.05, 0.1) is 12.7 Å². The summed E-state index contributed by atoms with van der Waals surface area (Å²) in [7, 11) is -2.11. The minimum absolute atomic E-state index is 0.0261. The number of rotatable bonds is 5. The highest BCUT2D eigenvalue weighted by Gasteiger charge is 2.54. The summed E-state index contributed by atoms with van der Waals surface area (Å²) < 4.78 is 31.4. The van der Waals surface area contributed by atoms with Crippen molar-refractivity contribution in [1.29, 1.82) is 0 Å². The van der Waals surface area contributed by atoms with Crippen molar-refractivity contribution < 1.29 is 28.5 Å². The van der Waals surface area contributed by atoms with Crippen LogP contribution < -0.4 is 0 Å². The number of aliphatic hydroxyl groups is 1. The van der Waals surface area contributed by atoms with Gasteiger partial charge in [-0.3, -0.25) is 0 Å². The smallest absolute Gasteiger partial charge is 0.192 e. The van der Waals surface area contributed by atoms with Crippen molar-refractivity contribution in [1.82, 2.24) is 0 Å². The second-order valence-corrected chi connectivity index (χ2v) is 15.2. The monoisotopic (exact) mass is 404 g/mol. The van der Waals surface area contributed by atoms with Gasteiger partial charge in [-0.05, 0) is 45.8 Å². The molecule has 0 aromatic carbocycles. The van der Waals surface area contributed by atoms with E-state index in [4.69, 9.17) is 23.4 Å². The summed E-state index contributed by atoms with van der Waals surface area (Å²) in [5, 5.41) is 9.89. The Bertz CT molecular complexity index is 513. The molecule has 5 atom stereocenters. The van der Waals surface area contributed by atoms with Crippen LogP contribution in [0.15, 0.2) is 0 Å². The third-order valence-corrected chi connectivity index (χ3v) is 10.4. The third-order valence-electron chi connectivity index (χ3n) is 5.97. The second kappa shape index (κ2) is 7.67. The summed E-state index contributed by atoms with van der Waals surface area (Å²) in [4.78, 5) is 0. The van der Waals surface area contributed by atoms with Crippen LogP contribution in [0.25, 0.3) is 0 Å². The highest BCUT2D eigenvalue weighted by Crippen LogP contribution is 2.43. The Morgan fingerprint density at radius 3 is 2.11 bits per heavy atom. The molecular weight excluding hydrogens is 364 g/mol. The van der Waals surface area contributed by atoms with Crippen LogP contribution in [0.4, 0.5) is 0 Å². The van der Waals surface area contributed by atoms with Gasteiger partial charge in [-0.2, -0.15) is 0 Å². The van der Waals surface area contributed by atoms with E-state index in [0.29, 0.717) is 6.61 Å². The van der Waals surface area contributed by atoms with Crippen LogP contribution in [-0.2, 0) is 23.4 Å². The van der Waals surface area contributed by atoms with Crippen LogP contribution in [0.2, 0.25) is 18.1 Å². The molecule has 2 rings (SSSR count). The zero-order valence-electron chi connectivity index (χ0n) is 18.8. The Labute approximate surface area is 166 Å². The van der Waals surface area contributed by atoms with E-state index in [9.17, 15) is 5.11 Å². The average molecular weight is 405 g/mol. The van der Waals surface area contributed by atoms with Gasteiger partial charge >= 0.3 is 0 Å². The summed E-state index contributed by atoms with van der Waals surface area (Å²) in [6.45, 7) is 21.2. The molecule has 2 fully saturated rings. The second-order valence-electron chi connectivity index (χ2n) is 10.4. The van der Waals surface area contributed by atoms with Gasteiger partial charge in [-0.15, -0.1) is 0 Å². The summed E-state index contributed by atoms with van der Waals surface area (Å²) >= 11 is 0. The highest BCUT2D eigenvalue weighted by atomic mass is 28.4. The van der Waals surface area contributed by atoms with Gasteiger partial charge in [0, 0.05) is 12.5 Å². The fraction of sp³-hybridized carbons (Fsp3) is 1.00. The van der Waals surface area contributed by atoms with Gasteiger partial charge < -0.3 is 28.5 Å². The van der Waals surface area contributed by atoms with Crippen LogP contribution in [0.5, 0.6) is 0 Å². The standard InChI is InChI=1S/C20H40O6Si/c1-13(11-21)15-17(26-27(9,10)18(2,3)4)16(25-20(7,8)24-15)14-12-22-19(5,6)23-14/h13-17,21H,11-12H2,1-10H3/t13-,14-,15-,16+,17+/m0/s1. The van der Waals surface area contributed by atoms with Crippen molar-refractivity contribution in [2.75, 3.05) is 13.2 Å². The van der Waals surface area contributed by atoms with Crippen LogP contribution >= 0.6 is 0 Å². The predicted octanol–water partition coefficient (Wildman–Crippen LogP) is 3.68. The molecule has 2 aliphatic heterocycles. The summed E-state index contributed by atoms with van der Waals surface area (Å²) in [6.07, 6.45) is -1.19. The van der Waals surface area contributed by atoms with Crippen molar-refractivity contribution in [2.45, 2.75) is 110 Å². The Morgan fingerprint density at radius 2 is 1.67 bits per heavy atom. The lowest BCUT2D eigenvalue weighted by Gasteiger charge is -2.52. The van der Waals surface area contributed by atoms with Crippen molar-refractivity contribution in [2.24, 2.45) is 5.92 Å². The first-order valence-corrected chi connectivity index (χ1v) is 13.0. The fourth-order valence-electron chi connectivity index (χ4n) is 3.36. The molecule has 6 nitrogen and oxygen atoms in total. The predicted molar refractivity (Wildman–Crippen MR) is 107 cm³/mol. The lowest BCUT2D eigenvalue weighted by molar-refractivity contribution is -0.352. The van der Waals surface area contributed by atoms with E-state index in [0.717, 1.165) is 0 Å². The van der Waals surface area contributed by atoms with E-state index in [1.807, 2.05) is 34.6 Å². The van der Waals surface area contributed by atoms with E-state index in [2.05, 4.69) is 33.9 Å². The molecule has 0 amide bonds. The largest absolute Gasteiger partial charge is 0.408 e. The minimum Gasteiger partial charge on any atom is -0.408 e. The van der Waals surface area contributed by atoms with Crippen molar-refractivity contribution in [3.05, 3.63) is 0 Å². The molecule has 0 spiro atoms. The Balaban J connectivity index is 2.38. The van der Waals surface area contributed by atoms with Crippen LogP contribution in [0.3, 0.4) is 0 Å². The highest BCUT2D eigenvalue weighted by molar-refractivity contribution is 6.74. The quantitative estimate of drug-likeness (QED) is 0.705. The maximum atomic E-state index is 9.85. The topological polar surface area (TPSA) is 66.4 Å². The molecule has 2 heterocycles. The zero-order chi connectivity index (χ0) is 20.8. The lowest BCUT2D eigenvalue weighted by Crippen LogP contribution is -2.64. The van der Waals surface area contributed by atoms with E-state index >= 15 is 0 Å². The Hall–Kier alpha value is -0.0231. The first-order valence-electron chi connectivity index (χ1n) is 10.0. The summed E-state index contributed by atoms with van der Waals surface area (Å²) in [5.74, 6) is -1.51. The van der Waals surface area contributed by atoms with Gasteiger partial charge in [-0.25, -0.2) is 0 Å². The maximum absolute atomic E-state index is 9.85. The normalized spacial score (nSPS) is 35.2. The molecule has 0 radical (unpaired) electrons. The van der Waals surface area contributed by atoms with E-state index < -0.39 is 19.9 Å². The average Bonchev–Trinajstić information content (AvgIpc) is 2.86. The molecule has 7 heteroatoms. The van der Waals surface area contributed by atoms with Crippen molar-refractivity contribution in [3.63, 3.8) is 0 Å². The van der Waals surface area contributed by atoms with E-state index in [1.54, 1.807) is 0 Å². The van der Waals surface area contributed by atoms with Crippen LogP contribution in [0.1, 0.15) is 55.4 Å². The summed E-state index contributed by atoms with van der Waals surface area (Å²) in [6, 6.07) is 0. The molecular formula is C20H40O6Si. The molecule has 2 saturated heterocycles. The third kappa shape index (κ3) is 5.32. The molecule has 2 aliphatic rings. The zero-order valence-corrected chi connectivity index (χ0v) is 19.8. The Morgan fingerprint density at radius 1 is 1.07 bits per heavy atom. The molecule has 0 saturated carbocycles. The SMILES string of the molecule is C[C@@H](CO)[C@@H]1OC(C)(C)O[C@H]([C@@H]2COC(C)(C)O2)[C@@H]1O[Si](C)(C)C(C)(C)C. The van der Waals surface area contributed by atoms with Gasteiger partial charge in [0.15, 0.2) is 19.9 Å². The number of aliphatic hydroxyl groups excluding tert-OH is 1. The number of hydrogen-bond donors (Lipinski definition) is 1. The molecule has 0 aliphatic carbocycles. The Kier molecular flexibility index (Phi) is 6.60. The fourth-order valence-corrected chi connectivity index (χ4v) is 4.67. The van der Waals surface area contributed by atoms with Gasteiger partial charge in [0.1, 0.15) is 18.3 Å². The van der Waals surface area contributed by atoms with Crippen molar-refractivity contribution >= 4 is 8.32 Å². The maximum Gasteiger partial charge on any atom is 0.192 e. The van der Waals surface area contributed by atoms with Gasteiger partial charge in [-0.1, -0.05) is 27.7 Å². The van der Waals surface area contributed by atoms with Crippen molar-refractivity contribution in [3.8, 4) is 0 Å². The van der Waals surface area contributed by atoms with Gasteiger partial charge in [0.25, 0.3) is 0 Å². The molecule has 0 aromatic heterocycles.